The number of para-hydroxylation sites is 1. The van der Waals surface area contributed by atoms with Gasteiger partial charge in [0.25, 0.3) is 0 Å². The second-order valence-corrected chi connectivity index (χ2v) is 5.90. The van der Waals surface area contributed by atoms with Gasteiger partial charge in [-0.1, -0.05) is 48.5 Å². The molecule has 1 atom stereocenters. The first-order chi connectivity index (χ1) is 11.6. The number of carbonyl (C=O) groups is 1. The molecule has 0 unspecified atom stereocenters. The Morgan fingerprint density at radius 2 is 1.71 bits per heavy atom. The lowest BCUT2D eigenvalue weighted by atomic mass is 10.1. The predicted molar refractivity (Wildman–Crippen MR) is 94.9 cm³/mol. The summed E-state index contributed by atoms with van der Waals surface area (Å²) in [4.78, 5) is 14.3. The Balaban J connectivity index is 1.68. The predicted octanol–water partition coefficient (Wildman–Crippen LogP) is 3.63. The van der Waals surface area contributed by atoms with Crippen LogP contribution in [0.5, 0.6) is 0 Å². The summed E-state index contributed by atoms with van der Waals surface area (Å²) in [5, 5.41) is 4.35. The summed E-state index contributed by atoms with van der Waals surface area (Å²) in [6.45, 7) is 2.04. The van der Waals surface area contributed by atoms with Gasteiger partial charge in [-0.05, 0) is 30.2 Å². The molecule has 1 heterocycles. The fraction of sp³-hybridized carbons (Fsp3) is 0.200. The van der Waals surface area contributed by atoms with Crippen LogP contribution in [-0.4, -0.2) is 27.6 Å². The molecule has 4 heteroatoms. The summed E-state index contributed by atoms with van der Waals surface area (Å²) < 4.78 is 1.79. The van der Waals surface area contributed by atoms with E-state index in [0.717, 1.165) is 16.8 Å². The second-order valence-electron chi connectivity index (χ2n) is 5.90. The van der Waals surface area contributed by atoms with Gasteiger partial charge >= 0.3 is 0 Å². The Hall–Kier alpha value is -2.88. The van der Waals surface area contributed by atoms with Gasteiger partial charge in [-0.15, -0.1) is 0 Å². The van der Waals surface area contributed by atoms with E-state index in [2.05, 4.69) is 5.10 Å². The van der Waals surface area contributed by atoms with Gasteiger partial charge in [-0.25, -0.2) is 4.68 Å². The maximum absolute atomic E-state index is 12.6. The van der Waals surface area contributed by atoms with Crippen molar-refractivity contribution in [1.82, 2.24) is 14.7 Å². The third kappa shape index (κ3) is 3.54. The van der Waals surface area contributed by atoms with Gasteiger partial charge < -0.3 is 4.90 Å². The highest BCUT2D eigenvalue weighted by atomic mass is 16.2. The normalized spacial score (nSPS) is 11.9. The fourth-order valence-corrected chi connectivity index (χ4v) is 2.64. The topological polar surface area (TPSA) is 38.1 Å². The van der Waals surface area contributed by atoms with Crippen molar-refractivity contribution in [3.05, 3.63) is 84.2 Å². The third-order valence-corrected chi connectivity index (χ3v) is 4.27. The van der Waals surface area contributed by atoms with Gasteiger partial charge in [-0.3, -0.25) is 4.79 Å². The average molecular weight is 319 g/mol. The van der Waals surface area contributed by atoms with Gasteiger partial charge in [0.2, 0.25) is 5.91 Å². The van der Waals surface area contributed by atoms with E-state index in [1.165, 1.54) is 0 Å². The Bertz CT molecular complexity index is 796. The maximum Gasteiger partial charge on any atom is 0.227 e. The van der Waals surface area contributed by atoms with E-state index in [-0.39, 0.29) is 11.9 Å². The van der Waals surface area contributed by atoms with Crippen molar-refractivity contribution < 1.29 is 4.79 Å². The van der Waals surface area contributed by atoms with Crippen LogP contribution in [0.3, 0.4) is 0 Å². The zero-order chi connectivity index (χ0) is 16.9. The van der Waals surface area contributed by atoms with Crippen molar-refractivity contribution >= 4 is 5.91 Å². The smallest absolute Gasteiger partial charge is 0.227 e. The summed E-state index contributed by atoms with van der Waals surface area (Å²) in [5.74, 6) is 0.0824. The number of nitrogens with zero attached hydrogens (tertiary/aromatic N) is 3. The number of carbonyl (C=O) groups excluding carboxylic acids is 1. The van der Waals surface area contributed by atoms with Crippen molar-refractivity contribution in [2.24, 2.45) is 0 Å². The quantitative estimate of drug-likeness (QED) is 0.720. The van der Waals surface area contributed by atoms with Crippen LogP contribution in [0.4, 0.5) is 0 Å². The van der Waals surface area contributed by atoms with Gasteiger partial charge in [-0.2, -0.15) is 5.10 Å². The van der Waals surface area contributed by atoms with Gasteiger partial charge in [0, 0.05) is 13.2 Å². The first kappa shape index (κ1) is 16.0. The molecule has 1 amide bonds. The van der Waals surface area contributed by atoms with Gasteiger partial charge in [0.1, 0.15) is 0 Å². The molecule has 2 aromatic carbocycles. The Labute approximate surface area is 142 Å². The number of hydrogen-bond acceptors (Lipinski definition) is 2. The van der Waals surface area contributed by atoms with Crippen LogP contribution in [-0.2, 0) is 11.2 Å². The van der Waals surface area contributed by atoms with Gasteiger partial charge in [0.05, 0.1) is 24.3 Å². The number of rotatable bonds is 5. The SMILES string of the molecule is C[C@H](c1ccccc1)N(C)C(=O)Cc1cnn(-c2ccccc2)c1. The lowest BCUT2D eigenvalue weighted by molar-refractivity contribution is -0.131. The van der Waals surface area contributed by atoms with Crippen molar-refractivity contribution in [1.29, 1.82) is 0 Å². The maximum atomic E-state index is 12.6. The van der Waals surface area contributed by atoms with Crippen LogP contribution in [0, 0.1) is 0 Å². The standard InChI is InChI=1S/C20H21N3O/c1-16(18-9-5-3-6-10-18)22(2)20(24)13-17-14-21-23(15-17)19-11-7-4-8-12-19/h3-12,14-16H,13H2,1-2H3/t16-/m1/s1. The minimum Gasteiger partial charge on any atom is -0.339 e. The Morgan fingerprint density at radius 3 is 2.38 bits per heavy atom. The van der Waals surface area contributed by atoms with E-state index in [4.69, 9.17) is 0 Å². The van der Waals surface area contributed by atoms with Crippen LogP contribution in [0.1, 0.15) is 24.1 Å². The molecule has 3 rings (SSSR count). The van der Waals surface area contributed by atoms with E-state index in [1.807, 2.05) is 80.8 Å². The number of aromatic nitrogens is 2. The van der Waals surface area contributed by atoms with Crippen LogP contribution in [0.2, 0.25) is 0 Å². The summed E-state index contributed by atoms with van der Waals surface area (Å²) in [5.41, 5.74) is 3.03. The highest BCUT2D eigenvalue weighted by Gasteiger charge is 2.18. The van der Waals surface area contributed by atoms with E-state index in [9.17, 15) is 4.79 Å². The molecule has 0 aliphatic rings. The molecule has 0 spiro atoms. The molecule has 0 N–H and O–H groups in total. The monoisotopic (exact) mass is 319 g/mol. The lowest BCUT2D eigenvalue weighted by Crippen LogP contribution is -2.30. The van der Waals surface area contributed by atoms with E-state index in [0.29, 0.717) is 6.42 Å². The molecule has 122 valence electrons. The van der Waals surface area contributed by atoms with E-state index < -0.39 is 0 Å². The lowest BCUT2D eigenvalue weighted by Gasteiger charge is -2.25. The summed E-state index contributed by atoms with van der Waals surface area (Å²) >= 11 is 0. The molecule has 0 bridgehead atoms. The molecular formula is C20H21N3O. The largest absolute Gasteiger partial charge is 0.339 e. The second kappa shape index (κ2) is 7.13. The fourth-order valence-electron chi connectivity index (χ4n) is 2.64. The molecule has 0 saturated carbocycles. The highest BCUT2D eigenvalue weighted by molar-refractivity contribution is 5.78. The number of likely N-dealkylation sites (N-methyl/N-ethyl adjacent to an activating group) is 1. The molecule has 4 nitrogen and oxygen atoms in total. The van der Waals surface area contributed by atoms with E-state index in [1.54, 1.807) is 15.8 Å². The van der Waals surface area contributed by atoms with Crippen molar-refractivity contribution in [3.8, 4) is 5.69 Å². The molecule has 3 aromatic rings. The Morgan fingerprint density at radius 1 is 1.08 bits per heavy atom. The first-order valence-corrected chi connectivity index (χ1v) is 8.04. The number of amides is 1. The Kier molecular flexibility index (Phi) is 4.75. The minimum absolute atomic E-state index is 0.0443. The van der Waals surface area contributed by atoms with Crippen LogP contribution in [0.15, 0.2) is 73.1 Å². The number of hydrogen-bond donors (Lipinski definition) is 0. The summed E-state index contributed by atoms with van der Waals surface area (Å²) in [7, 11) is 1.85. The summed E-state index contributed by atoms with van der Waals surface area (Å²) in [6, 6.07) is 20.0. The summed E-state index contributed by atoms with van der Waals surface area (Å²) in [6.07, 6.45) is 4.01. The van der Waals surface area contributed by atoms with Crippen LogP contribution < -0.4 is 0 Å². The zero-order valence-corrected chi connectivity index (χ0v) is 14.0. The molecule has 24 heavy (non-hydrogen) atoms. The van der Waals surface area contributed by atoms with E-state index >= 15 is 0 Å². The molecular weight excluding hydrogens is 298 g/mol. The molecule has 0 radical (unpaired) electrons. The van der Waals surface area contributed by atoms with Crippen LogP contribution >= 0.6 is 0 Å². The number of benzene rings is 2. The molecule has 0 aliphatic carbocycles. The average Bonchev–Trinajstić information content (AvgIpc) is 3.10. The van der Waals surface area contributed by atoms with Crippen molar-refractivity contribution in [2.45, 2.75) is 19.4 Å². The van der Waals surface area contributed by atoms with Crippen LogP contribution in [0.25, 0.3) is 5.69 Å². The highest BCUT2D eigenvalue weighted by Crippen LogP contribution is 2.19. The van der Waals surface area contributed by atoms with Crippen molar-refractivity contribution in [2.75, 3.05) is 7.05 Å². The molecule has 0 saturated heterocycles. The first-order valence-electron chi connectivity index (χ1n) is 8.04. The van der Waals surface area contributed by atoms with Gasteiger partial charge in [0.15, 0.2) is 0 Å². The zero-order valence-electron chi connectivity index (χ0n) is 14.0. The third-order valence-electron chi connectivity index (χ3n) is 4.27. The molecule has 1 aromatic heterocycles. The molecule has 0 aliphatic heterocycles. The minimum atomic E-state index is 0.0443. The van der Waals surface area contributed by atoms with Crippen molar-refractivity contribution in [3.63, 3.8) is 0 Å². The molecule has 0 fully saturated rings.